The SMILES string of the molecule is CCCC(CCC)C(NC(=O)OC(C)(C)C)C(=O)N1CCC(CN2CCN(CC(=O)N3CCN(C(=O)c4cc(Cc5n[nH]c(=O)c6ccccc56)ccc4F)CC3)CC2)CC1. The molecule has 3 aliphatic heterocycles. The first-order chi connectivity index (χ1) is 29.2. The molecule has 61 heavy (non-hydrogen) atoms. The first-order valence-electron chi connectivity index (χ1n) is 22.3. The number of hydrogen-bond acceptors (Lipinski definition) is 9. The topological polar surface area (TPSA) is 151 Å². The number of carbonyl (C=O) groups is 4. The summed E-state index contributed by atoms with van der Waals surface area (Å²) >= 11 is 0. The fraction of sp³-hybridized carbons (Fsp3) is 0.609. The summed E-state index contributed by atoms with van der Waals surface area (Å²) in [5.41, 5.74) is 0.375. The zero-order chi connectivity index (χ0) is 43.7. The molecule has 4 amide bonds. The zero-order valence-corrected chi connectivity index (χ0v) is 36.7. The molecule has 3 fully saturated rings. The number of piperidine rings is 1. The molecule has 0 saturated carbocycles. The highest BCUT2D eigenvalue weighted by Crippen LogP contribution is 2.25. The second-order valence-electron chi connectivity index (χ2n) is 18.0. The molecule has 3 saturated heterocycles. The summed E-state index contributed by atoms with van der Waals surface area (Å²) in [6.45, 7) is 17.0. The third kappa shape index (κ3) is 12.2. The van der Waals surface area contributed by atoms with Gasteiger partial charge in [-0.1, -0.05) is 51.0 Å². The number of rotatable bonds is 14. The third-order valence-corrected chi connectivity index (χ3v) is 12.3. The number of benzene rings is 2. The van der Waals surface area contributed by atoms with E-state index in [2.05, 4.69) is 39.2 Å². The number of fused-ring (bicyclic) bond motifs is 1. The maximum absolute atomic E-state index is 15.0. The van der Waals surface area contributed by atoms with Crippen LogP contribution < -0.4 is 10.9 Å². The van der Waals surface area contributed by atoms with E-state index in [0.29, 0.717) is 80.2 Å². The number of aromatic amines is 1. The third-order valence-electron chi connectivity index (χ3n) is 12.3. The Morgan fingerprint density at radius 2 is 1.46 bits per heavy atom. The Labute approximate surface area is 359 Å². The average molecular weight is 845 g/mol. The predicted octanol–water partition coefficient (Wildman–Crippen LogP) is 4.90. The molecule has 0 bridgehead atoms. The Balaban J connectivity index is 0.924. The summed E-state index contributed by atoms with van der Waals surface area (Å²) in [6, 6.07) is 11.0. The number of H-pyrrole nitrogens is 1. The first kappa shape index (κ1) is 45.6. The maximum Gasteiger partial charge on any atom is 0.408 e. The summed E-state index contributed by atoms with van der Waals surface area (Å²) in [6.07, 6.45) is 5.20. The van der Waals surface area contributed by atoms with Crippen LogP contribution in [0, 0.1) is 17.7 Å². The van der Waals surface area contributed by atoms with E-state index in [1.165, 1.54) is 6.07 Å². The van der Waals surface area contributed by atoms with Gasteiger partial charge in [0.2, 0.25) is 11.8 Å². The Kier molecular flexibility index (Phi) is 15.5. The van der Waals surface area contributed by atoms with Crippen LogP contribution in [-0.4, -0.2) is 149 Å². The van der Waals surface area contributed by atoms with Crippen LogP contribution in [0.3, 0.4) is 0 Å². The van der Waals surface area contributed by atoms with Crippen LogP contribution in [0.1, 0.15) is 94.8 Å². The van der Waals surface area contributed by atoms with Crippen molar-refractivity contribution < 1.29 is 28.3 Å². The van der Waals surface area contributed by atoms with E-state index < -0.39 is 29.5 Å². The van der Waals surface area contributed by atoms with Crippen LogP contribution in [-0.2, 0) is 20.7 Å². The van der Waals surface area contributed by atoms with Crippen LogP contribution >= 0.6 is 0 Å². The molecule has 0 aliphatic carbocycles. The molecule has 6 rings (SSSR count). The average Bonchev–Trinajstić information content (AvgIpc) is 3.24. The molecule has 2 N–H and O–H groups in total. The molecule has 1 aromatic heterocycles. The van der Waals surface area contributed by atoms with Gasteiger partial charge in [0.15, 0.2) is 0 Å². The van der Waals surface area contributed by atoms with Crippen molar-refractivity contribution in [3.8, 4) is 0 Å². The lowest BCUT2D eigenvalue weighted by atomic mass is 9.88. The van der Waals surface area contributed by atoms with Gasteiger partial charge in [0.1, 0.15) is 17.5 Å². The predicted molar refractivity (Wildman–Crippen MR) is 233 cm³/mol. The standard InChI is InChI=1S/C46H65FN8O6/c1-6-10-34(11-7-2)41(48-45(60)61-46(3,4)5)44(59)54-18-16-32(17-19-54)30-51-20-22-52(23-21-51)31-40(56)53-24-26-55(27-25-53)43(58)37-28-33(14-15-38(37)47)29-39-35-12-8-9-13-36(35)42(57)50-49-39/h8-9,12-15,28,32,34,41H,6-7,10-11,16-27,29-31H2,1-5H3,(H,48,60)(H,50,57). The number of hydrogen-bond donors (Lipinski definition) is 2. The van der Waals surface area contributed by atoms with Crippen molar-refractivity contribution >= 4 is 34.6 Å². The van der Waals surface area contributed by atoms with Crippen LogP contribution in [0.2, 0.25) is 0 Å². The van der Waals surface area contributed by atoms with Gasteiger partial charge >= 0.3 is 6.09 Å². The van der Waals surface area contributed by atoms with Crippen LogP contribution in [0.25, 0.3) is 10.8 Å². The smallest absolute Gasteiger partial charge is 0.408 e. The number of amides is 4. The summed E-state index contributed by atoms with van der Waals surface area (Å²) in [4.78, 5) is 75.9. The number of piperazine rings is 2. The number of alkyl carbamates (subject to hydrolysis) is 1. The van der Waals surface area contributed by atoms with Gasteiger partial charge in [0.05, 0.1) is 23.2 Å². The highest BCUT2D eigenvalue weighted by Gasteiger charge is 2.36. The molecule has 3 aliphatic rings. The number of ether oxygens (including phenoxy) is 1. The van der Waals surface area contributed by atoms with Gasteiger partial charge in [-0.3, -0.25) is 24.1 Å². The maximum atomic E-state index is 15.0. The lowest BCUT2D eigenvalue weighted by Crippen LogP contribution is -2.56. The lowest BCUT2D eigenvalue weighted by Gasteiger charge is -2.40. The monoisotopic (exact) mass is 845 g/mol. The molecule has 0 spiro atoms. The van der Waals surface area contributed by atoms with E-state index >= 15 is 4.39 Å². The molecule has 1 atom stereocenters. The molecular formula is C46H65FN8O6. The van der Waals surface area contributed by atoms with E-state index in [0.717, 1.165) is 71.2 Å². The fourth-order valence-corrected chi connectivity index (χ4v) is 9.03. The van der Waals surface area contributed by atoms with Crippen molar-refractivity contribution in [3.63, 3.8) is 0 Å². The van der Waals surface area contributed by atoms with E-state index in [-0.39, 0.29) is 28.9 Å². The number of carbonyl (C=O) groups excluding carboxylic acids is 4. The molecule has 1 unspecified atom stereocenters. The van der Waals surface area contributed by atoms with Crippen molar-refractivity contribution in [1.29, 1.82) is 0 Å². The quantitative estimate of drug-likeness (QED) is 0.231. The molecule has 3 aromatic rings. The Hall–Kier alpha value is -4.89. The van der Waals surface area contributed by atoms with E-state index in [1.54, 1.807) is 34.1 Å². The van der Waals surface area contributed by atoms with Gasteiger partial charge in [0, 0.05) is 83.8 Å². The number of nitrogens with zero attached hydrogens (tertiary/aromatic N) is 6. The largest absolute Gasteiger partial charge is 0.444 e. The molecule has 15 heteroatoms. The zero-order valence-electron chi connectivity index (χ0n) is 36.7. The molecule has 14 nitrogen and oxygen atoms in total. The number of likely N-dealkylation sites (tertiary alicyclic amines) is 1. The minimum atomic E-state index is -0.647. The Morgan fingerprint density at radius 3 is 2.10 bits per heavy atom. The summed E-state index contributed by atoms with van der Waals surface area (Å²) in [5.74, 6) is -0.454. The number of nitrogens with one attached hydrogen (secondary N) is 2. The second-order valence-corrected chi connectivity index (χ2v) is 18.0. The van der Waals surface area contributed by atoms with Crippen molar-refractivity contribution in [2.75, 3.05) is 78.5 Å². The molecule has 4 heterocycles. The highest BCUT2D eigenvalue weighted by molar-refractivity contribution is 5.95. The summed E-state index contributed by atoms with van der Waals surface area (Å²) in [7, 11) is 0. The molecule has 0 radical (unpaired) electrons. The molecule has 2 aromatic carbocycles. The van der Waals surface area contributed by atoms with Crippen molar-refractivity contribution in [1.82, 2.24) is 40.0 Å². The number of halogens is 1. The number of aromatic nitrogens is 2. The van der Waals surface area contributed by atoms with Gasteiger partial charge in [-0.2, -0.15) is 5.10 Å². The minimum Gasteiger partial charge on any atom is -0.444 e. The molecular weight excluding hydrogens is 780 g/mol. The molecule has 332 valence electrons. The van der Waals surface area contributed by atoms with Gasteiger partial charge in [-0.05, 0) is 82.1 Å². The van der Waals surface area contributed by atoms with Crippen LogP contribution in [0.15, 0.2) is 47.3 Å². The first-order valence-corrected chi connectivity index (χ1v) is 22.3. The van der Waals surface area contributed by atoms with Crippen molar-refractivity contribution in [2.24, 2.45) is 11.8 Å². The van der Waals surface area contributed by atoms with Gasteiger partial charge in [-0.15, -0.1) is 0 Å². The van der Waals surface area contributed by atoms with E-state index in [9.17, 15) is 24.0 Å². The highest BCUT2D eigenvalue weighted by atomic mass is 19.1. The summed E-state index contributed by atoms with van der Waals surface area (Å²) < 4.78 is 20.6. The van der Waals surface area contributed by atoms with Crippen molar-refractivity contribution in [3.05, 3.63) is 75.5 Å². The second kappa shape index (κ2) is 20.8. The Bertz CT molecular complexity index is 2040. The fourth-order valence-electron chi connectivity index (χ4n) is 9.03. The lowest BCUT2D eigenvalue weighted by molar-refractivity contribution is -0.137. The van der Waals surface area contributed by atoms with Gasteiger partial charge in [-0.25, -0.2) is 14.3 Å². The van der Waals surface area contributed by atoms with E-state index in [4.69, 9.17) is 4.74 Å². The minimum absolute atomic E-state index is 0.00575. The van der Waals surface area contributed by atoms with Gasteiger partial charge in [0.25, 0.3) is 11.5 Å². The summed E-state index contributed by atoms with van der Waals surface area (Å²) in [5, 5.41) is 10.9. The van der Waals surface area contributed by atoms with E-state index in [1.807, 2.05) is 37.8 Å². The Morgan fingerprint density at radius 1 is 0.836 bits per heavy atom. The normalized spacial score (nSPS) is 17.8. The van der Waals surface area contributed by atoms with Crippen LogP contribution in [0.5, 0.6) is 0 Å². The van der Waals surface area contributed by atoms with Gasteiger partial charge < -0.3 is 29.7 Å². The van der Waals surface area contributed by atoms with Crippen LogP contribution in [0.4, 0.5) is 9.18 Å². The van der Waals surface area contributed by atoms with Crippen molar-refractivity contribution in [2.45, 2.75) is 91.2 Å².